The number of thioether (sulfide) groups is 1. The lowest BCUT2D eigenvalue weighted by molar-refractivity contribution is 0.231. The average molecular weight is 272 g/mol. The van der Waals surface area contributed by atoms with Crippen molar-refractivity contribution >= 4 is 23.1 Å². The molecule has 0 radical (unpaired) electrons. The van der Waals surface area contributed by atoms with Crippen molar-refractivity contribution in [3.63, 3.8) is 0 Å². The van der Waals surface area contributed by atoms with Gasteiger partial charge in [0.25, 0.3) is 0 Å². The molecule has 0 fully saturated rings. The van der Waals surface area contributed by atoms with Gasteiger partial charge in [-0.15, -0.1) is 0 Å². The van der Waals surface area contributed by atoms with Gasteiger partial charge in [0.2, 0.25) is 0 Å². The summed E-state index contributed by atoms with van der Waals surface area (Å²) in [6.45, 7) is 4.60. The molecule has 102 valence electrons. The number of anilines is 2. The number of nitrogen functional groups attached to an aromatic ring is 1. The lowest BCUT2D eigenvalue weighted by atomic mass is 10.2. The summed E-state index contributed by atoms with van der Waals surface area (Å²) in [6.07, 6.45) is 1.99. The van der Waals surface area contributed by atoms with E-state index in [2.05, 4.69) is 6.26 Å². The molecule has 0 heterocycles. The van der Waals surface area contributed by atoms with Crippen molar-refractivity contribution in [1.29, 1.82) is 0 Å². The second kappa shape index (κ2) is 6.73. The van der Waals surface area contributed by atoms with Crippen LogP contribution in [-0.4, -0.2) is 31.7 Å². The molecule has 0 aliphatic carbocycles. The van der Waals surface area contributed by atoms with E-state index in [9.17, 15) is 4.39 Å². The predicted octanol–water partition coefficient (Wildman–Crippen LogP) is 2.99. The number of nitrogens with zero attached hydrogens (tertiary/aromatic N) is 1. The molecule has 0 saturated carbocycles. The van der Waals surface area contributed by atoms with Crippen LogP contribution in [0.3, 0.4) is 0 Å². The van der Waals surface area contributed by atoms with Crippen LogP contribution < -0.4 is 15.4 Å². The van der Waals surface area contributed by atoms with Crippen LogP contribution in [0.15, 0.2) is 12.1 Å². The van der Waals surface area contributed by atoms with Crippen molar-refractivity contribution in [2.24, 2.45) is 0 Å². The Labute approximate surface area is 112 Å². The van der Waals surface area contributed by atoms with Gasteiger partial charge in [-0.25, -0.2) is 4.39 Å². The van der Waals surface area contributed by atoms with Crippen molar-refractivity contribution in [2.75, 3.05) is 36.2 Å². The van der Waals surface area contributed by atoms with Crippen molar-refractivity contribution < 1.29 is 9.13 Å². The third kappa shape index (κ3) is 3.98. The molecule has 0 atom stereocenters. The Morgan fingerprint density at radius 2 is 2.11 bits per heavy atom. The summed E-state index contributed by atoms with van der Waals surface area (Å²) in [5.74, 6) is 0.835. The van der Waals surface area contributed by atoms with Crippen LogP contribution in [-0.2, 0) is 0 Å². The number of nitrogens with two attached hydrogens (primary N) is 1. The first-order valence-electron chi connectivity index (χ1n) is 5.91. The second-order valence-electron chi connectivity index (χ2n) is 4.42. The van der Waals surface area contributed by atoms with Crippen molar-refractivity contribution in [3.05, 3.63) is 17.9 Å². The first-order valence-corrected chi connectivity index (χ1v) is 7.30. The molecule has 0 saturated heterocycles. The first kappa shape index (κ1) is 15.0. The Bertz CT molecular complexity index is 399. The maximum absolute atomic E-state index is 13.7. The molecular weight excluding hydrogens is 251 g/mol. The third-order valence-corrected chi connectivity index (χ3v) is 3.08. The van der Waals surface area contributed by atoms with Gasteiger partial charge in [-0.3, -0.25) is 0 Å². The van der Waals surface area contributed by atoms with Crippen LogP contribution in [0.1, 0.15) is 13.8 Å². The van der Waals surface area contributed by atoms with Crippen molar-refractivity contribution in [1.82, 2.24) is 0 Å². The number of ether oxygens (including phenoxy) is 1. The standard InChI is InChI=1S/C13H21FN2OS/c1-9(2)17-13-8-12(11(15)7-10(13)14)16(3)5-6-18-4/h7-9H,5-6,15H2,1-4H3. The Kier molecular flexibility index (Phi) is 5.59. The Morgan fingerprint density at radius 1 is 1.44 bits per heavy atom. The topological polar surface area (TPSA) is 38.5 Å². The van der Waals surface area contributed by atoms with Gasteiger partial charge in [-0.2, -0.15) is 11.8 Å². The minimum atomic E-state index is -0.414. The maximum Gasteiger partial charge on any atom is 0.167 e. The zero-order valence-corrected chi connectivity index (χ0v) is 12.2. The van der Waals surface area contributed by atoms with Crippen LogP contribution in [0.5, 0.6) is 5.75 Å². The highest BCUT2D eigenvalue weighted by Crippen LogP contribution is 2.31. The van der Waals surface area contributed by atoms with E-state index >= 15 is 0 Å². The summed E-state index contributed by atoms with van der Waals surface area (Å²) in [7, 11) is 1.94. The highest BCUT2D eigenvalue weighted by Gasteiger charge is 2.13. The summed E-state index contributed by atoms with van der Waals surface area (Å²) in [4.78, 5) is 2.01. The Balaban J connectivity index is 2.96. The summed E-state index contributed by atoms with van der Waals surface area (Å²) in [6, 6.07) is 2.99. The van der Waals surface area contributed by atoms with Gasteiger partial charge >= 0.3 is 0 Å². The monoisotopic (exact) mass is 272 g/mol. The zero-order valence-electron chi connectivity index (χ0n) is 11.4. The molecule has 0 spiro atoms. The van der Waals surface area contributed by atoms with Crippen molar-refractivity contribution in [3.8, 4) is 5.75 Å². The van der Waals surface area contributed by atoms with Gasteiger partial charge in [0.05, 0.1) is 17.5 Å². The normalized spacial score (nSPS) is 10.8. The summed E-state index contributed by atoms with van der Waals surface area (Å²) >= 11 is 1.76. The molecule has 0 amide bonds. The fourth-order valence-corrected chi connectivity index (χ4v) is 2.04. The Hall–Kier alpha value is -1.10. The highest BCUT2D eigenvalue weighted by molar-refractivity contribution is 7.98. The first-order chi connectivity index (χ1) is 8.45. The van der Waals surface area contributed by atoms with E-state index in [0.717, 1.165) is 18.0 Å². The second-order valence-corrected chi connectivity index (χ2v) is 5.41. The molecule has 0 aliphatic heterocycles. The summed E-state index contributed by atoms with van der Waals surface area (Å²) in [5, 5.41) is 0. The molecule has 1 aromatic carbocycles. The van der Waals surface area contributed by atoms with Gasteiger partial charge in [-0.1, -0.05) is 0 Å². The fraction of sp³-hybridized carbons (Fsp3) is 0.538. The number of halogens is 1. The van der Waals surface area contributed by atoms with Crippen LogP contribution in [0.25, 0.3) is 0 Å². The molecule has 0 unspecified atom stereocenters. The number of hydrogen-bond acceptors (Lipinski definition) is 4. The molecule has 5 heteroatoms. The molecular formula is C13H21FN2OS. The smallest absolute Gasteiger partial charge is 0.167 e. The predicted molar refractivity (Wildman–Crippen MR) is 78.2 cm³/mol. The molecule has 0 aliphatic rings. The van der Waals surface area contributed by atoms with Gasteiger partial charge in [0, 0.05) is 31.5 Å². The molecule has 18 heavy (non-hydrogen) atoms. The van der Waals surface area contributed by atoms with E-state index in [4.69, 9.17) is 10.5 Å². The lowest BCUT2D eigenvalue weighted by Gasteiger charge is -2.22. The van der Waals surface area contributed by atoms with Crippen LogP contribution in [0.4, 0.5) is 15.8 Å². The fourth-order valence-electron chi connectivity index (χ4n) is 1.58. The van der Waals surface area contributed by atoms with E-state index in [0.29, 0.717) is 5.69 Å². The number of benzene rings is 1. The van der Waals surface area contributed by atoms with Gasteiger partial charge in [0.15, 0.2) is 11.6 Å². The molecule has 3 nitrogen and oxygen atoms in total. The van der Waals surface area contributed by atoms with Crippen LogP contribution in [0, 0.1) is 5.82 Å². The van der Waals surface area contributed by atoms with Crippen LogP contribution in [0.2, 0.25) is 0 Å². The SMILES string of the molecule is CSCCN(C)c1cc(OC(C)C)c(F)cc1N. The quantitative estimate of drug-likeness (QED) is 0.808. The van der Waals surface area contributed by atoms with Gasteiger partial charge < -0.3 is 15.4 Å². The van der Waals surface area contributed by atoms with Gasteiger partial charge in [-0.05, 0) is 20.1 Å². The molecule has 2 N–H and O–H groups in total. The highest BCUT2D eigenvalue weighted by atomic mass is 32.2. The average Bonchev–Trinajstić information content (AvgIpc) is 2.29. The van der Waals surface area contributed by atoms with E-state index in [1.54, 1.807) is 17.8 Å². The minimum absolute atomic E-state index is 0.0625. The summed E-state index contributed by atoms with van der Waals surface area (Å²) in [5.41, 5.74) is 7.09. The molecule has 0 bridgehead atoms. The summed E-state index contributed by atoms with van der Waals surface area (Å²) < 4.78 is 19.1. The Morgan fingerprint density at radius 3 is 2.67 bits per heavy atom. The minimum Gasteiger partial charge on any atom is -0.488 e. The largest absolute Gasteiger partial charge is 0.488 e. The van der Waals surface area contributed by atoms with Crippen LogP contribution >= 0.6 is 11.8 Å². The van der Waals surface area contributed by atoms with E-state index in [-0.39, 0.29) is 11.9 Å². The van der Waals surface area contributed by atoms with E-state index in [1.807, 2.05) is 25.8 Å². The van der Waals surface area contributed by atoms with E-state index in [1.165, 1.54) is 6.07 Å². The third-order valence-electron chi connectivity index (χ3n) is 2.49. The molecule has 1 aromatic rings. The lowest BCUT2D eigenvalue weighted by Crippen LogP contribution is -2.21. The van der Waals surface area contributed by atoms with Crippen molar-refractivity contribution in [2.45, 2.75) is 20.0 Å². The van der Waals surface area contributed by atoms with E-state index < -0.39 is 5.82 Å². The molecule has 1 rings (SSSR count). The zero-order chi connectivity index (χ0) is 13.7. The number of hydrogen-bond donors (Lipinski definition) is 1. The van der Waals surface area contributed by atoms with Gasteiger partial charge in [0.1, 0.15) is 0 Å². The molecule has 0 aromatic heterocycles. The maximum atomic E-state index is 13.7. The number of rotatable bonds is 6.